The Balaban J connectivity index is 0.000000715. The van der Waals surface area contributed by atoms with Crippen LogP contribution in [0.15, 0.2) is 0 Å². The molecule has 3 fully saturated rings. The van der Waals surface area contributed by atoms with Crippen molar-refractivity contribution in [3.05, 3.63) is 0 Å². The second kappa shape index (κ2) is 65.6. The lowest BCUT2D eigenvalue weighted by Gasteiger charge is -2.21. The first-order chi connectivity index (χ1) is 46.2. The Morgan fingerprint density at radius 1 is 0.432 bits per heavy atom. The first-order valence-corrected chi connectivity index (χ1v) is 42.6. The van der Waals surface area contributed by atoms with Crippen LogP contribution in [0.4, 0.5) is 0 Å². The molecule has 0 aromatic heterocycles. The van der Waals surface area contributed by atoms with Gasteiger partial charge in [-0.2, -0.15) is 0 Å². The molecule has 95 heavy (non-hydrogen) atoms. The molecule has 1 amide bonds. The molecule has 3 aliphatic rings. The quantitative estimate of drug-likeness (QED) is 0.0526. The SMILES string of the molecule is CCNCC(=O)C1CCCCCCPCC(CNCC)CC(=O)CCCNCC1.CCNCC(=O)C1CCNCCCC(=O)CC(CNC)CPCCCCC(NC)CC(=O)NC1.CCNCC(=O)C1CCNCCCC(=O)CC(CNC)CPCCCCCCN(C)CC1. The van der Waals surface area contributed by atoms with Crippen LogP contribution in [0.3, 0.4) is 0 Å². The second-order valence-corrected chi connectivity index (χ2v) is 31.5. The third kappa shape index (κ3) is 53.8. The first-order valence-electron chi connectivity index (χ1n) is 38.3. The summed E-state index contributed by atoms with van der Waals surface area (Å²) in [5, 5.41) is 36.1. The Labute approximate surface area is 586 Å². The van der Waals surface area contributed by atoms with Crippen LogP contribution >= 0.6 is 25.7 Å². The summed E-state index contributed by atoms with van der Waals surface area (Å²) in [4.78, 5) is 90.0. The van der Waals surface area contributed by atoms with Gasteiger partial charge in [0.2, 0.25) is 5.91 Å². The van der Waals surface area contributed by atoms with E-state index in [2.05, 4.69) is 77.4 Å². The lowest BCUT2D eigenvalue weighted by atomic mass is 9.93. The molecule has 10 unspecified atom stereocenters. The van der Waals surface area contributed by atoms with E-state index in [9.17, 15) is 33.6 Å². The van der Waals surface area contributed by atoms with Crippen molar-refractivity contribution in [1.29, 1.82) is 0 Å². The molecule has 3 rings (SSSR count). The van der Waals surface area contributed by atoms with Crippen LogP contribution in [0.25, 0.3) is 0 Å². The minimum Gasteiger partial charge on any atom is -0.355 e. The Morgan fingerprint density at radius 2 is 0.832 bits per heavy atom. The molecule has 3 heterocycles. The minimum atomic E-state index is -0.206. The number of hydrogen-bond donors (Lipinski definition) is 11. The van der Waals surface area contributed by atoms with Crippen LogP contribution < -0.4 is 58.5 Å². The summed E-state index contributed by atoms with van der Waals surface area (Å²) >= 11 is 0. The van der Waals surface area contributed by atoms with E-state index in [4.69, 9.17) is 0 Å². The van der Waals surface area contributed by atoms with Crippen LogP contribution in [-0.4, -0.2) is 241 Å². The molecule has 3 aliphatic heterocycles. The number of hydrogen-bond acceptors (Lipinski definition) is 18. The van der Waals surface area contributed by atoms with Gasteiger partial charge in [0.25, 0.3) is 0 Å². The fourth-order valence-electron chi connectivity index (χ4n) is 12.7. The average Bonchev–Trinajstić information content (AvgIpc) is 3.09. The summed E-state index contributed by atoms with van der Waals surface area (Å²) in [7, 11) is 10.9. The van der Waals surface area contributed by atoms with Crippen molar-refractivity contribution in [2.24, 2.45) is 35.5 Å². The van der Waals surface area contributed by atoms with Gasteiger partial charge >= 0.3 is 0 Å². The second-order valence-electron chi connectivity index (χ2n) is 27.3. The zero-order chi connectivity index (χ0) is 69.6. The van der Waals surface area contributed by atoms with E-state index < -0.39 is 0 Å². The van der Waals surface area contributed by atoms with Crippen molar-refractivity contribution in [3.63, 3.8) is 0 Å². The lowest BCUT2D eigenvalue weighted by Crippen LogP contribution is -2.40. The van der Waals surface area contributed by atoms with Gasteiger partial charge < -0.3 is 63.4 Å². The van der Waals surface area contributed by atoms with Gasteiger partial charge in [-0.15, -0.1) is 25.7 Å². The van der Waals surface area contributed by atoms with Gasteiger partial charge in [-0.1, -0.05) is 66.2 Å². The standard InChI is InChI=1S/C25H50N5O3P.C25H51N4O2P.C23H46N3O2P/c1-4-28-18-24(32)21-10-12-29-11-7-9-23(31)14-20(16-26-2)19-34-13-6-5-8-22(27-3)15-25(33)30-17-21;1-4-27-20-25(31)23-11-14-28-13-9-10-24(30)18-22(19-26-2)21-32-17-8-6-5-7-15-29(3)16-12-23;1-3-24-17-20-16-22(27)11-9-13-26-14-12-21(23(28)18-25-4-2)10-7-5-6-8-15-29-19-20/h20-22,26-29,34H,4-19H2,1-3H3,(H,30,33);22-23,26-28,32H,4-21H2,1-3H3;20-21,24-26,29H,3-19H2,1-2H3. The van der Waals surface area contributed by atoms with Crippen molar-refractivity contribution in [2.45, 2.75) is 201 Å². The monoisotopic (exact) mass is 1400 g/mol. The number of amides is 1. The largest absolute Gasteiger partial charge is 0.355 e. The Kier molecular flexibility index (Phi) is 63.1. The number of Topliss-reactive ketones (excluding diaryl/α,β-unsaturated/α-hetero) is 6. The molecule has 3 saturated heterocycles. The van der Waals surface area contributed by atoms with Gasteiger partial charge in [0.15, 0.2) is 5.78 Å². The van der Waals surface area contributed by atoms with E-state index in [-0.39, 0.29) is 35.5 Å². The summed E-state index contributed by atoms with van der Waals surface area (Å²) in [5.41, 5.74) is 0. The third-order valence-corrected chi connectivity index (χ3v) is 23.4. The fourth-order valence-corrected chi connectivity index (χ4v) is 16.9. The fraction of sp³-hybridized carbons (Fsp3) is 0.904. The summed E-state index contributed by atoms with van der Waals surface area (Å²) < 4.78 is 0. The summed E-state index contributed by atoms with van der Waals surface area (Å²) in [6, 6.07) is 0.157. The molecule has 19 nitrogen and oxygen atoms in total. The van der Waals surface area contributed by atoms with Gasteiger partial charge in [0.05, 0.1) is 19.6 Å². The summed E-state index contributed by atoms with van der Waals surface area (Å²) in [6.45, 7) is 23.2. The number of nitrogens with zero attached hydrogens (tertiary/aromatic N) is 1. The molecule has 0 aromatic carbocycles. The van der Waals surface area contributed by atoms with Crippen LogP contribution in [0.1, 0.15) is 195 Å². The van der Waals surface area contributed by atoms with Gasteiger partial charge in [-0.05, 0) is 265 Å². The summed E-state index contributed by atoms with van der Waals surface area (Å²) in [5.74, 6) is 3.55. The first kappa shape index (κ1) is 91.4. The average molecular weight is 1400 g/mol. The number of carbonyl (C=O) groups is 7. The van der Waals surface area contributed by atoms with Crippen LogP contribution in [0.5, 0.6) is 0 Å². The molecule has 556 valence electrons. The number of ketones is 6. The Hall–Kier alpha value is -1.66. The molecule has 0 spiro atoms. The predicted octanol–water partition coefficient (Wildman–Crippen LogP) is 7.57. The molecule has 0 radical (unpaired) electrons. The highest BCUT2D eigenvalue weighted by Crippen LogP contribution is 2.25. The van der Waals surface area contributed by atoms with Crippen molar-refractivity contribution >= 4 is 66.3 Å². The minimum absolute atomic E-state index is 0.00902. The molecular formula is C73H147N12O7P3. The van der Waals surface area contributed by atoms with Gasteiger partial charge in [0.1, 0.15) is 28.9 Å². The maximum Gasteiger partial charge on any atom is 0.221 e. The molecule has 0 bridgehead atoms. The van der Waals surface area contributed by atoms with E-state index in [1.54, 1.807) is 0 Å². The van der Waals surface area contributed by atoms with Crippen LogP contribution in [-0.2, 0) is 33.6 Å². The zero-order valence-electron chi connectivity index (χ0n) is 61.9. The number of nitrogens with one attached hydrogen (secondary N) is 11. The maximum absolute atomic E-state index is 12.7. The maximum atomic E-state index is 12.7. The summed E-state index contributed by atoms with van der Waals surface area (Å²) in [6.07, 6.45) is 32.3. The third-order valence-electron chi connectivity index (χ3n) is 18.7. The molecule has 10 atom stereocenters. The van der Waals surface area contributed by atoms with Crippen LogP contribution in [0.2, 0.25) is 0 Å². The van der Waals surface area contributed by atoms with E-state index in [1.165, 1.54) is 82.2 Å². The highest BCUT2D eigenvalue weighted by Gasteiger charge is 2.23. The van der Waals surface area contributed by atoms with E-state index in [0.717, 1.165) is 201 Å². The lowest BCUT2D eigenvalue weighted by molar-refractivity contribution is -0.124. The zero-order valence-corrected chi connectivity index (χ0v) is 64.9. The number of likely N-dealkylation sites (N-methyl/N-ethyl adjacent to an activating group) is 3. The Bertz CT molecular complexity index is 1920. The normalized spacial score (nSPS) is 26.0. The van der Waals surface area contributed by atoms with E-state index in [1.807, 2.05) is 41.9 Å². The molecule has 0 aromatic rings. The molecule has 0 aliphatic carbocycles. The molecule has 22 heteroatoms. The van der Waals surface area contributed by atoms with Crippen molar-refractivity contribution in [3.8, 4) is 0 Å². The van der Waals surface area contributed by atoms with Gasteiger partial charge in [-0.3, -0.25) is 33.6 Å². The number of carbonyl (C=O) groups excluding carboxylic acids is 7. The van der Waals surface area contributed by atoms with Crippen molar-refractivity contribution in [1.82, 2.24) is 63.4 Å². The van der Waals surface area contributed by atoms with Crippen molar-refractivity contribution in [2.75, 3.05) is 190 Å². The number of rotatable bonds is 20. The molecule has 0 saturated carbocycles. The smallest absolute Gasteiger partial charge is 0.221 e. The topological polar surface area (TPSA) is 255 Å². The Morgan fingerprint density at radius 3 is 1.28 bits per heavy atom. The van der Waals surface area contributed by atoms with Crippen LogP contribution in [0, 0.1) is 35.5 Å². The highest BCUT2D eigenvalue weighted by molar-refractivity contribution is 7.38. The molecule has 11 N–H and O–H groups in total. The molecular weight excluding hydrogens is 1250 g/mol. The van der Waals surface area contributed by atoms with Crippen molar-refractivity contribution < 1.29 is 33.6 Å². The predicted molar refractivity (Wildman–Crippen MR) is 409 cm³/mol. The van der Waals surface area contributed by atoms with Gasteiger partial charge in [-0.25, -0.2) is 0 Å². The van der Waals surface area contributed by atoms with E-state index >= 15 is 0 Å². The van der Waals surface area contributed by atoms with Gasteiger partial charge in [0, 0.05) is 75.3 Å². The van der Waals surface area contributed by atoms with E-state index in [0.29, 0.717) is 118 Å². The highest BCUT2D eigenvalue weighted by atomic mass is 31.1.